The van der Waals surface area contributed by atoms with Crippen molar-refractivity contribution in [2.24, 2.45) is 0 Å². The Morgan fingerprint density at radius 2 is 1.96 bits per heavy atom. The molecule has 1 N–H and O–H groups in total. The summed E-state index contributed by atoms with van der Waals surface area (Å²) in [5.41, 5.74) is 1.07. The van der Waals surface area contributed by atoms with Crippen LogP contribution in [0.1, 0.15) is 30.4 Å². The van der Waals surface area contributed by atoms with Crippen LogP contribution in [0.5, 0.6) is 5.75 Å². The largest absolute Gasteiger partial charge is 0.493 e. The smallest absolute Gasteiger partial charge is 0.281 e. The molecule has 7 heteroatoms. The number of rotatable bonds is 5. The lowest BCUT2D eigenvalue weighted by Gasteiger charge is -2.11. The van der Waals surface area contributed by atoms with Crippen molar-refractivity contribution in [3.05, 3.63) is 54.5 Å². The maximum atomic E-state index is 12.6. The molecule has 3 rings (SSSR count). The standard InChI is InChI=1S/C17H19N5O2/c1-12(2)22-15(9-10-18-22)19-17(23)16-14(24-3)11-21(20-16)13-7-5-4-6-8-13/h4-12H,1-3H3,(H,19,23). The van der Waals surface area contributed by atoms with Crippen molar-refractivity contribution in [2.75, 3.05) is 12.4 Å². The molecule has 124 valence electrons. The summed E-state index contributed by atoms with van der Waals surface area (Å²) in [5.74, 6) is 0.683. The lowest BCUT2D eigenvalue weighted by Crippen LogP contribution is -2.18. The Balaban J connectivity index is 1.89. The third kappa shape index (κ3) is 3.01. The Bertz CT molecular complexity index is 836. The number of hydrogen-bond donors (Lipinski definition) is 1. The molecule has 0 unspecified atom stereocenters. The maximum Gasteiger partial charge on any atom is 0.281 e. The molecular weight excluding hydrogens is 306 g/mol. The number of para-hydroxylation sites is 1. The molecule has 0 aliphatic rings. The van der Waals surface area contributed by atoms with E-state index in [9.17, 15) is 4.79 Å². The average molecular weight is 325 g/mol. The van der Waals surface area contributed by atoms with Crippen LogP contribution in [-0.2, 0) is 0 Å². The maximum absolute atomic E-state index is 12.6. The Morgan fingerprint density at radius 3 is 2.62 bits per heavy atom. The molecule has 2 aromatic heterocycles. The first-order valence-electron chi connectivity index (χ1n) is 7.64. The number of carbonyl (C=O) groups is 1. The van der Waals surface area contributed by atoms with Gasteiger partial charge < -0.3 is 10.1 Å². The number of anilines is 1. The highest BCUT2D eigenvalue weighted by Gasteiger charge is 2.20. The third-order valence-electron chi connectivity index (χ3n) is 3.54. The van der Waals surface area contributed by atoms with Crippen LogP contribution in [0, 0.1) is 0 Å². The normalized spacial score (nSPS) is 10.8. The zero-order valence-corrected chi connectivity index (χ0v) is 13.8. The highest BCUT2D eigenvalue weighted by atomic mass is 16.5. The lowest BCUT2D eigenvalue weighted by atomic mass is 10.3. The number of hydrogen-bond acceptors (Lipinski definition) is 4. The van der Waals surface area contributed by atoms with Gasteiger partial charge in [0.25, 0.3) is 5.91 Å². The molecule has 1 amide bonds. The first-order chi connectivity index (χ1) is 11.6. The minimum absolute atomic E-state index is 0.138. The number of amides is 1. The topological polar surface area (TPSA) is 74.0 Å². The van der Waals surface area contributed by atoms with Gasteiger partial charge in [0.15, 0.2) is 11.4 Å². The second-order valence-electron chi connectivity index (χ2n) is 5.54. The molecule has 24 heavy (non-hydrogen) atoms. The molecule has 7 nitrogen and oxygen atoms in total. The molecule has 1 aromatic carbocycles. The van der Waals surface area contributed by atoms with Crippen LogP contribution in [-0.4, -0.2) is 32.6 Å². The summed E-state index contributed by atoms with van der Waals surface area (Å²) < 4.78 is 8.65. The van der Waals surface area contributed by atoms with Crippen molar-refractivity contribution in [1.82, 2.24) is 19.6 Å². The van der Waals surface area contributed by atoms with Gasteiger partial charge in [0, 0.05) is 12.1 Å². The zero-order valence-electron chi connectivity index (χ0n) is 13.8. The quantitative estimate of drug-likeness (QED) is 0.783. The average Bonchev–Trinajstić information content (AvgIpc) is 3.22. The van der Waals surface area contributed by atoms with Gasteiger partial charge in [-0.05, 0) is 26.0 Å². The predicted molar refractivity (Wildman–Crippen MR) is 90.7 cm³/mol. The molecule has 0 atom stereocenters. The number of benzene rings is 1. The number of nitrogens with one attached hydrogen (secondary N) is 1. The minimum atomic E-state index is -0.344. The first-order valence-corrected chi connectivity index (χ1v) is 7.64. The van der Waals surface area contributed by atoms with E-state index in [0.29, 0.717) is 11.6 Å². The number of methoxy groups -OCH3 is 1. The molecule has 0 aliphatic carbocycles. The van der Waals surface area contributed by atoms with E-state index in [0.717, 1.165) is 5.69 Å². The van der Waals surface area contributed by atoms with E-state index in [-0.39, 0.29) is 17.6 Å². The van der Waals surface area contributed by atoms with Crippen LogP contribution in [0.3, 0.4) is 0 Å². The summed E-state index contributed by atoms with van der Waals surface area (Å²) in [6, 6.07) is 11.4. The second-order valence-corrected chi connectivity index (χ2v) is 5.54. The van der Waals surface area contributed by atoms with E-state index >= 15 is 0 Å². The number of aromatic nitrogens is 4. The fraction of sp³-hybridized carbons (Fsp3) is 0.235. The van der Waals surface area contributed by atoms with Crippen LogP contribution < -0.4 is 10.1 Å². The van der Waals surface area contributed by atoms with Crippen LogP contribution in [0.25, 0.3) is 5.69 Å². The van der Waals surface area contributed by atoms with E-state index in [1.165, 1.54) is 7.11 Å². The predicted octanol–water partition coefficient (Wildman–Crippen LogP) is 2.91. The fourth-order valence-electron chi connectivity index (χ4n) is 2.38. The molecule has 0 radical (unpaired) electrons. The number of nitrogens with zero attached hydrogens (tertiary/aromatic N) is 4. The third-order valence-corrected chi connectivity index (χ3v) is 3.54. The zero-order chi connectivity index (χ0) is 17.1. The molecule has 0 bridgehead atoms. The molecule has 3 aromatic rings. The van der Waals surface area contributed by atoms with Gasteiger partial charge in [0.1, 0.15) is 5.82 Å². The summed E-state index contributed by atoms with van der Waals surface area (Å²) in [5, 5.41) is 11.4. The van der Waals surface area contributed by atoms with E-state index in [1.54, 1.807) is 27.8 Å². The van der Waals surface area contributed by atoms with Gasteiger partial charge in [0.05, 0.1) is 25.2 Å². The number of ether oxygens (including phenoxy) is 1. The van der Waals surface area contributed by atoms with Crippen molar-refractivity contribution >= 4 is 11.7 Å². The van der Waals surface area contributed by atoms with Gasteiger partial charge >= 0.3 is 0 Å². The van der Waals surface area contributed by atoms with Crippen LogP contribution >= 0.6 is 0 Å². The van der Waals surface area contributed by atoms with Gasteiger partial charge in [-0.25, -0.2) is 9.36 Å². The Labute approximate surface area is 139 Å². The molecule has 0 spiro atoms. The highest BCUT2D eigenvalue weighted by molar-refractivity contribution is 6.04. The Morgan fingerprint density at radius 1 is 1.21 bits per heavy atom. The van der Waals surface area contributed by atoms with E-state index < -0.39 is 0 Å². The summed E-state index contributed by atoms with van der Waals surface area (Å²) in [6.07, 6.45) is 3.33. The van der Waals surface area contributed by atoms with E-state index in [4.69, 9.17) is 4.74 Å². The highest BCUT2D eigenvalue weighted by Crippen LogP contribution is 2.21. The van der Waals surface area contributed by atoms with Gasteiger partial charge in [-0.2, -0.15) is 10.2 Å². The van der Waals surface area contributed by atoms with Gasteiger partial charge in [-0.15, -0.1) is 0 Å². The van der Waals surface area contributed by atoms with Crippen LogP contribution in [0.2, 0.25) is 0 Å². The van der Waals surface area contributed by atoms with Crippen molar-refractivity contribution in [3.8, 4) is 11.4 Å². The number of carbonyl (C=O) groups excluding carboxylic acids is 1. The summed E-state index contributed by atoms with van der Waals surface area (Å²) in [4.78, 5) is 12.6. The summed E-state index contributed by atoms with van der Waals surface area (Å²) >= 11 is 0. The Hall–Kier alpha value is -3.09. The molecular formula is C17H19N5O2. The van der Waals surface area contributed by atoms with Crippen molar-refractivity contribution in [1.29, 1.82) is 0 Å². The van der Waals surface area contributed by atoms with E-state index in [2.05, 4.69) is 15.5 Å². The van der Waals surface area contributed by atoms with Crippen LogP contribution in [0.4, 0.5) is 5.82 Å². The summed E-state index contributed by atoms with van der Waals surface area (Å²) in [7, 11) is 1.52. The molecule has 2 heterocycles. The van der Waals surface area contributed by atoms with Gasteiger partial charge in [-0.3, -0.25) is 4.79 Å². The summed E-state index contributed by atoms with van der Waals surface area (Å²) in [6.45, 7) is 3.99. The van der Waals surface area contributed by atoms with Gasteiger partial charge in [-0.1, -0.05) is 18.2 Å². The monoisotopic (exact) mass is 325 g/mol. The molecule has 0 aliphatic heterocycles. The van der Waals surface area contributed by atoms with Crippen molar-refractivity contribution < 1.29 is 9.53 Å². The van der Waals surface area contributed by atoms with Gasteiger partial charge in [0.2, 0.25) is 0 Å². The molecule has 0 saturated carbocycles. The molecule has 0 fully saturated rings. The molecule has 0 saturated heterocycles. The Kier molecular flexibility index (Phi) is 4.33. The van der Waals surface area contributed by atoms with Crippen molar-refractivity contribution in [2.45, 2.75) is 19.9 Å². The van der Waals surface area contributed by atoms with Crippen molar-refractivity contribution in [3.63, 3.8) is 0 Å². The lowest BCUT2D eigenvalue weighted by molar-refractivity contribution is 0.101. The minimum Gasteiger partial charge on any atom is -0.493 e. The SMILES string of the molecule is COc1cn(-c2ccccc2)nc1C(=O)Nc1ccnn1C(C)C. The second kappa shape index (κ2) is 6.57. The van der Waals surface area contributed by atoms with Crippen LogP contribution in [0.15, 0.2) is 48.8 Å². The first kappa shape index (κ1) is 15.8. The van der Waals surface area contributed by atoms with E-state index in [1.807, 2.05) is 44.2 Å². The fourth-order valence-corrected chi connectivity index (χ4v) is 2.38.